The van der Waals surface area contributed by atoms with Gasteiger partial charge in [0.15, 0.2) is 6.10 Å². The number of amides is 1. The van der Waals surface area contributed by atoms with Crippen LogP contribution < -0.4 is 21.3 Å². The van der Waals surface area contributed by atoms with Crippen molar-refractivity contribution < 1.29 is 9.53 Å². The molecule has 1 amide bonds. The Hall–Kier alpha value is -2.54. The molecule has 2 aromatic rings. The summed E-state index contributed by atoms with van der Waals surface area (Å²) in [7, 11) is 0. The third kappa shape index (κ3) is 3.96. The van der Waals surface area contributed by atoms with Crippen LogP contribution in [0.2, 0.25) is 5.02 Å². The highest BCUT2D eigenvalue weighted by atomic mass is 35.5. The smallest absolute Gasteiger partial charge is 0.325 e. The molecule has 0 saturated carbocycles. The first-order chi connectivity index (χ1) is 9.95. The molecule has 1 aromatic carbocycles. The van der Waals surface area contributed by atoms with E-state index in [-0.39, 0.29) is 5.69 Å². The third-order valence-corrected chi connectivity index (χ3v) is 2.79. The molecule has 0 spiro atoms. The molecule has 1 atom stereocenters. The number of hydrogen-bond acceptors (Lipinski definition) is 4. The first kappa shape index (κ1) is 14.9. The summed E-state index contributed by atoms with van der Waals surface area (Å²) < 4.78 is 5.41. The van der Waals surface area contributed by atoms with Crippen LogP contribution in [0.4, 0.5) is 5.69 Å². The van der Waals surface area contributed by atoms with Gasteiger partial charge in [-0.3, -0.25) is 14.6 Å². The van der Waals surface area contributed by atoms with Crippen LogP contribution in [0.1, 0.15) is 6.92 Å². The fourth-order valence-corrected chi connectivity index (χ4v) is 1.72. The van der Waals surface area contributed by atoms with E-state index in [1.54, 1.807) is 24.3 Å². The Bertz CT molecular complexity index is 768. The second-order valence-electron chi connectivity index (χ2n) is 4.19. The largest absolute Gasteiger partial charge is 0.481 e. The van der Waals surface area contributed by atoms with E-state index in [1.165, 1.54) is 6.92 Å². The Kier molecular flexibility index (Phi) is 4.44. The van der Waals surface area contributed by atoms with E-state index >= 15 is 0 Å². The van der Waals surface area contributed by atoms with Gasteiger partial charge >= 0.3 is 5.69 Å². The molecule has 3 N–H and O–H groups in total. The molecule has 0 aliphatic rings. The third-order valence-electron chi connectivity index (χ3n) is 2.56. The summed E-state index contributed by atoms with van der Waals surface area (Å²) in [5, 5.41) is 2.84. The van der Waals surface area contributed by atoms with Crippen molar-refractivity contribution in [1.29, 1.82) is 0 Å². The summed E-state index contributed by atoms with van der Waals surface area (Å²) in [4.78, 5) is 38.5. The number of carbonyl (C=O) groups is 1. The number of halogens is 1. The van der Waals surface area contributed by atoms with Crippen LogP contribution in [-0.4, -0.2) is 22.0 Å². The van der Waals surface area contributed by atoms with Crippen LogP contribution in [0.25, 0.3) is 0 Å². The van der Waals surface area contributed by atoms with E-state index < -0.39 is 23.3 Å². The summed E-state index contributed by atoms with van der Waals surface area (Å²) in [6.45, 7) is 1.52. The van der Waals surface area contributed by atoms with Crippen LogP contribution in [0, 0.1) is 0 Å². The fraction of sp³-hybridized carbons (Fsp3) is 0.154. The van der Waals surface area contributed by atoms with Crippen molar-refractivity contribution in [2.45, 2.75) is 13.0 Å². The lowest BCUT2D eigenvalue weighted by Gasteiger charge is -2.14. The molecule has 110 valence electrons. The SMILES string of the molecule is C[C@H](Oc1cccc(Cl)c1)C(=O)Nc1c[nH]c(=O)[nH]c1=O. The molecule has 21 heavy (non-hydrogen) atoms. The minimum absolute atomic E-state index is 0.0684. The maximum atomic E-state index is 11.9. The number of nitrogens with one attached hydrogen (secondary N) is 3. The van der Waals surface area contributed by atoms with Gasteiger partial charge in [-0.2, -0.15) is 0 Å². The molecule has 1 heterocycles. The molecule has 0 fully saturated rings. The van der Waals surface area contributed by atoms with Gasteiger partial charge in [0.25, 0.3) is 11.5 Å². The van der Waals surface area contributed by atoms with Gasteiger partial charge in [-0.1, -0.05) is 17.7 Å². The Labute approximate surface area is 123 Å². The van der Waals surface area contributed by atoms with Crippen molar-refractivity contribution in [2.75, 3.05) is 5.32 Å². The maximum absolute atomic E-state index is 11.9. The molecule has 1 aromatic heterocycles. The Balaban J connectivity index is 2.06. The number of carbonyl (C=O) groups excluding carboxylic acids is 1. The van der Waals surface area contributed by atoms with Crippen molar-refractivity contribution in [3.05, 3.63) is 56.3 Å². The van der Waals surface area contributed by atoms with Crippen molar-refractivity contribution >= 4 is 23.2 Å². The Morgan fingerprint density at radius 3 is 2.81 bits per heavy atom. The van der Waals surface area contributed by atoms with Gasteiger partial charge in [0.2, 0.25) is 0 Å². The van der Waals surface area contributed by atoms with Crippen molar-refractivity contribution in [2.24, 2.45) is 0 Å². The van der Waals surface area contributed by atoms with Gasteiger partial charge < -0.3 is 15.0 Å². The first-order valence-electron chi connectivity index (χ1n) is 6.01. The monoisotopic (exact) mass is 309 g/mol. The summed E-state index contributed by atoms with van der Waals surface area (Å²) in [6, 6.07) is 6.59. The molecule has 0 aliphatic carbocycles. The molecule has 0 unspecified atom stereocenters. The van der Waals surface area contributed by atoms with E-state index in [2.05, 4.69) is 10.3 Å². The van der Waals surface area contributed by atoms with Crippen LogP contribution >= 0.6 is 11.6 Å². The van der Waals surface area contributed by atoms with Crippen molar-refractivity contribution in [1.82, 2.24) is 9.97 Å². The summed E-state index contributed by atoms with van der Waals surface area (Å²) in [5.74, 6) is -0.104. The number of aromatic nitrogens is 2. The lowest BCUT2D eigenvalue weighted by atomic mass is 10.3. The van der Waals surface area contributed by atoms with Gasteiger partial charge in [0, 0.05) is 11.2 Å². The van der Waals surface area contributed by atoms with Crippen LogP contribution in [-0.2, 0) is 4.79 Å². The fourth-order valence-electron chi connectivity index (χ4n) is 1.53. The zero-order valence-electron chi connectivity index (χ0n) is 11.0. The molecule has 7 nitrogen and oxygen atoms in total. The van der Waals surface area contributed by atoms with Crippen LogP contribution in [0.3, 0.4) is 0 Å². The van der Waals surface area contributed by atoms with Crippen LogP contribution in [0.5, 0.6) is 5.75 Å². The van der Waals surface area contributed by atoms with Gasteiger partial charge in [-0.15, -0.1) is 0 Å². The number of benzene rings is 1. The number of H-pyrrole nitrogens is 2. The van der Waals surface area contributed by atoms with E-state index in [4.69, 9.17) is 16.3 Å². The Morgan fingerprint density at radius 1 is 1.38 bits per heavy atom. The van der Waals surface area contributed by atoms with E-state index in [0.717, 1.165) is 6.20 Å². The van der Waals surface area contributed by atoms with E-state index in [0.29, 0.717) is 10.8 Å². The molecule has 0 bridgehead atoms. The molecule has 2 rings (SSSR count). The second kappa shape index (κ2) is 6.27. The van der Waals surface area contributed by atoms with E-state index in [9.17, 15) is 14.4 Å². The van der Waals surface area contributed by atoms with Gasteiger partial charge in [-0.25, -0.2) is 4.79 Å². The minimum Gasteiger partial charge on any atom is -0.481 e. The van der Waals surface area contributed by atoms with Gasteiger partial charge in [0.1, 0.15) is 11.4 Å². The Morgan fingerprint density at radius 2 is 2.14 bits per heavy atom. The lowest BCUT2D eigenvalue weighted by molar-refractivity contribution is -0.122. The van der Waals surface area contributed by atoms with Crippen molar-refractivity contribution in [3.8, 4) is 5.75 Å². The molecule has 0 radical (unpaired) electrons. The quantitative estimate of drug-likeness (QED) is 0.787. The molecule has 0 aliphatic heterocycles. The standard InChI is InChI=1S/C13H12ClN3O4/c1-7(21-9-4-2-3-8(14)5-9)11(18)16-10-6-15-13(20)17-12(10)19/h2-7H,1H3,(H,16,18)(H2,15,17,19,20)/t7-/m0/s1. The normalized spacial score (nSPS) is 11.7. The molecule has 0 saturated heterocycles. The van der Waals surface area contributed by atoms with Crippen LogP contribution in [0.15, 0.2) is 40.1 Å². The highest BCUT2D eigenvalue weighted by molar-refractivity contribution is 6.30. The number of aromatic amines is 2. The van der Waals surface area contributed by atoms with Gasteiger partial charge in [-0.05, 0) is 25.1 Å². The highest BCUT2D eigenvalue weighted by Crippen LogP contribution is 2.18. The first-order valence-corrected chi connectivity index (χ1v) is 6.38. The second-order valence-corrected chi connectivity index (χ2v) is 4.63. The average molecular weight is 310 g/mol. The predicted octanol–water partition coefficient (Wildman–Crippen LogP) is 1.12. The van der Waals surface area contributed by atoms with E-state index in [1.807, 2.05) is 4.98 Å². The highest BCUT2D eigenvalue weighted by Gasteiger charge is 2.16. The predicted molar refractivity (Wildman–Crippen MR) is 77.9 cm³/mol. The maximum Gasteiger partial charge on any atom is 0.325 e. The summed E-state index contributed by atoms with van der Waals surface area (Å²) in [6.07, 6.45) is 0.264. The number of rotatable bonds is 4. The topological polar surface area (TPSA) is 104 Å². The molecular formula is C13H12ClN3O4. The zero-order chi connectivity index (χ0) is 15.4. The number of hydrogen-bond donors (Lipinski definition) is 3. The van der Waals surface area contributed by atoms with Crippen molar-refractivity contribution in [3.63, 3.8) is 0 Å². The van der Waals surface area contributed by atoms with Gasteiger partial charge in [0.05, 0.1) is 0 Å². The average Bonchev–Trinajstić information content (AvgIpc) is 2.41. The minimum atomic E-state index is -0.852. The lowest BCUT2D eigenvalue weighted by Crippen LogP contribution is -2.33. The molecular weight excluding hydrogens is 298 g/mol. The number of ether oxygens (including phenoxy) is 1. The zero-order valence-corrected chi connectivity index (χ0v) is 11.7. The molecule has 8 heteroatoms. The number of anilines is 1. The summed E-state index contributed by atoms with van der Waals surface area (Å²) >= 11 is 5.81. The summed E-state index contributed by atoms with van der Waals surface area (Å²) in [5.41, 5.74) is -1.41.